The van der Waals surface area contributed by atoms with Gasteiger partial charge in [-0.15, -0.1) is 0 Å². The Hall–Kier alpha value is -4.36. The van der Waals surface area contributed by atoms with Gasteiger partial charge in [0, 0.05) is 11.8 Å². The Labute approximate surface area is 212 Å². The average molecular weight is 500 g/mol. The molecule has 0 aliphatic heterocycles. The Bertz CT molecular complexity index is 1420. The molecule has 0 fully saturated rings. The predicted molar refractivity (Wildman–Crippen MR) is 149 cm³/mol. The Morgan fingerprint density at radius 2 is 1.33 bits per heavy atom. The topological polar surface area (TPSA) is 101 Å². The molecule has 1 amide bonds. The first-order valence-corrected chi connectivity index (χ1v) is 13.0. The number of sulfonamides is 1. The summed E-state index contributed by atoms with van der Waals surface area (Å²) in [7, 11) is -3.73. The lowest BCUT2D eigenvalue weighted by Gasteiger charge is -2.09. The molecule has 184 valence electrons. The van der Waals surface area contributed by atoms with Crippen LogP contribution in [0.1, 0.15) is 19.4 Å². The molecule has 0 aliphatic carbocycles. The average Bonchev–Trinajstić information content (AvgIpc) is 2.91. The molecule has 6 nitrogen and oxygen atoms in total. The van der Waals surface area contributed by atoms with Crippen molar-refractivity contribution in [3.05, 3.63) is 115 Å². The van der Waals surface area contributed by atoms with Crippen LogP contribution in [0, 0.1) is 0 Å². The molecule has 0 saturated heterocycles. The van der Waals surface area contributed by atoms with Crippen LogP contribution in [0.5, 0.6) is 0 Å². The molecular formula is C29H29N3O3S. The van der Waals surface area contributed by atoms with Gasteiger partial charge in [-0.25, -0.2) is 8.42 Å². The lowest BCUT2D eigenvalue weighted by atomic mass is 10.1. The summed E-state index contributed by atoms with van der Waals surface area (Å²) in [6.07, 6.45) is 3.02. The number of anilines is 3. The van der Waals surface area contributed by atoms with Crippen LogP contribution in [-0.4, -0.2) is 14.3 Å². The Morgan fingerprint density at radius 3 is 1.97 bits per heavy atom. The molecule has 0 aliphatic rings. The smallest absolute Gasteiger partial charge is 0.261 e. The Morgan fingerprint density at radius 1 is 0.750 bits per heavy atom. The predicted octanol–water partition coefficient (Wildman–Crippen LogP) is 6.41. The first kappa shape index (κ1) is 26.2. The number of amides is 1. The Kier molecular flexibility index (Phi) is 9.02. The number of hydrogen-bond acceptors (Lipinski definition) is 4. The van der Waals surface area contributed by atoms with E-state index in [1.807, 2.05) is 44.2 Å². The van der Waals surface area contributed by atoms with Crippen LogP contribution in [0.2, 0.25) is 0 Å². The van der Waals surface area contributed by atoms with Crippen LogP contribution in [0.4, 0.5) is 17.1 Å². The maximum Gasteiger partial charge on any atom is 0.261 e. The van der Waals surface area contributed by atoms with E-state index in [0.29, 0.717) is 17.1 Å². The van der Waals surface area contributed by atoms with Gasteiger partial charge in [0.05, 0.1) is 16.3 Å². The fourth-order valence-corrected chi connectivity index (χ4v) is 4.35. The lowest BCUT2D eigenvalue weighted by Crippen LogP contribution is -2.12. The van der Waals surface area contributed by atoms with Crippen LogP contribution >= 0.6 is 0 Å². The molecule has 0 bridgehead atoms. The SMILES string of the molecule is CC.Nc1ccccc1NC(=O)/C=C/c1ccc(NS(=O)(=O)c2ccc(-c3ccccc3)cc2)cc1. The summed E-state index contributed by atoms with van der Waals surface area (Å²) in [6, 6.07) is 30.2. The second-order valence-electron chi connectivity index (χ2n) is 7.53. The van der Waals surface area contributed by atoms with Gasteiger partial charge in [-0.3, -0.25) is 9.52 Å². The molecule has 4 aromatic carbocycles. The fourth-order valence-electron chi connectivity index (χ4n) is 3.29. The maximum absolute atomic E-state index is 12.8. The number of carbonyl (C=O) groups is 1. The van der Waals surface area contributed by atoms with E-state index in [1.165, 1.54) is 6.08 Å². The molecule has 0 radical (unpaired) electrons. The third kappa shape index (κ3) is 7.07. The second kappa shape index (κ2) is 12.4. The van der Waals surface area contributed by atoms with E-state index in [0.717, 1.165) is 16.7 Å². The van der Waals surface area contributed by atoms with E-state index < -0.39 is 10.0 Å². The quantitative estimate of drug-likeness (QED) is 0.202. The third-order valence-corrected chi connectivity index (χ3v) is 6.48. The zero-order valence-electron chi connectivity index (χ0n) is 20.2. The molecule has 0 heterocycles. The summed E-state index contributed by atoms with van der Waals surface area (Å²) in [6.45, 7) is 4.00. The van der Waals surface area contributed by atoms with E-state index in [4.69, 9.17) is 5.73 Å². The minimum Gasteiger partial charge on any atom is -0.397 e. The lowest BCUT2D eigenvalue weighted by molar-refractivity contribution is -0.111. The zero-order chi connectivity index (χ0) is 26.0. The van der Waals surface area contributed by atoms with Crippen molar-refractivity contribution in [2.75, 3.05) is 15.8 Å². The molecule has 36 heavy (non-hydrogen) atoms. The summed E-state index contributed by atoms with van der Waals surface area (Å²) >= 11 is 0. The van der Waals surface area contributed by atoms with Crippen LogP contribution in [0.3, 0.4) is 0 Å². The summed E-state index contributed by atoms with van der Waals surface area (Å²) in [5, 5.41) is 2.71. The van der Waals surface area contributed by atoms with Gasteiger partial charge in [-0.05, 0) is 59.2 Å². The molecule has 0 saturated carbocycles. The molecule has 4 aromatic rings. The van der Waals surface area contributed by atoms with E-state index in [-0.39, 0.29) is 10.8 Å². The number of rotatable bonds is 7. The molecule has 0 aromatic heterocycles. The summed E-state index contributed by atoms with van der Waals surface area (Å²) < 4.78 is 28.1. The molecule has 0 atom stereocenters. The van der Waals surface area contributed by atoms with E-state index >= 15 is 0 Å². The van der Waals surface area contributed by atoms with Crippen molar-refractivity contribution in [1.29, 1.82) is 0 Å². The van der Waals surface area contributed by atoms with E-state index in [9.17, 15) is 13.2 Å². The normalized spacial score (nSPS) is 10.8. The zero-order valence-corrected chi connectivity index (χ0v) is 21.0. The van der Waals surface area contributed by atoms with Gasteiger partial charge < -0.3 is 11.1 Å². The number of benzene rings is 4. The van der Waals surface area contributed by atoms with Crippen LogP contribution in [0.15, 0.2) is 114 Å². The molecule has 0 unspecified atom stereocenters. The van der Waals surface area contributed by atoms with Gasteiger partial charge in [0.1, 0.15) is 0 Å². The van der Waals surface area contributed by atoms with Crippen molar-refractivity contribution < 1.29 is 13.2 Å². The number of nitrogens with one attached hydrogen (secondary N) is 2. The van der Waals surface area contributed by atoms with Crippen molar-refractivity contribution in [1.82, 2.24) is 0 Å². The van der Waals surface area contributed by atoms with E-state index in [1.54, 1.807) is 78.9 Å². The van der Waals surface area contributed by atoms with Crippen molar-refractivity contribution in [3.63, 3.8) is 0 Å². The highest BCUT2D eigenvalue weighted by molar-refractivity contribution is 7.92. The number of nitrogens with two attached hydrogens (primary N) is 1. The van der Waals surface area contributed by atoms with Crippen LogP contribution in [-0.2, 0) is 14.8 Å². The monoisotopic (exact) mass is 499 g/mol. The van der Waals surface area contributed by atoms with Gasteiger partial charge in [0.15, 0.2) is 0 Å². The van der Waals surface area contributed by atoms with Gasteiger partial charge in [0.2, 0.25) is 5.91 Å². The van der Waals surface area contributed by atoms with Crippen molar-refractivity contribution in [2.24, 2.45) is 0 Å². The van der Waals surface area contributed by atoms with Gasteiger partial charge in [-0.1, -0.05) is 80.6 Å². The standard InChI is InChI=1S/C27H23N3O3S.C2H6/c28-25-8-4-5-9-26(25)29-27(31)19-12-20-10-15-23(16-11-20)30-34(32,33)24-17-13-22(14-18-24)21-6-2-1-3-7-21;1-2/h1-19,30H,28H2,(H,29,31);1-2H3/b19-12+;. The third-order valence-electron chi connectivity index (χ3n) is 5.08. The van der Waals surface area contributed by atoms with Crippen LogP contribution in [0.25, 0.3) is 17.2 Å². The summed E-state index contributed by atoms with van der Waals surface area (Å²) in [4.78, 5) is 12.3. The number of hydrogen-bond donors (Lipinski definition) is 3. The number of carbonyl (C=O) groups excluding carboxylic acids is 1. The number of nitrogen functional groups attached to an aromatic ring is 1. The second-order valence-corrected chi connectivity index (χ2v) is 9.21. The van der Waals surface area contributed by atoms with Crippen molar-refractivity contribution in [2.45, 2.75) is 18.7 Å². The van der Waals surface area contributed by atoms with Crippen LogP contribution < -0.4 is 15.8 Å². The fraction of sp³-hybridized carbons (Fsp3) is 0.0690. The molecule has 4 N–H and O–H groups in total. The minimum atomic E-state index is -3.73. The van der Waals surface area contributed by atoms with Gasteiger partial charge in [0.25, 0.3) is 10.0 Å². The molecule has 0 spiro atoms. The first-order chi connectivity index (χ1) is 17.4. The molecular weight excluding hydrogens is 470 g/mol. The largest absolute Gasteiger partial charge is 0.397 e. The van der Waals surface area contributed by atoms with Gasteiger partial charge in [-0.2, -0.15) is 0 Å². The first-order valence-electron chi connectivity index (χ1n) is 11.5. The highest BCUT2D eigenvalue weighted by Gasteiger charge is 2.14. The number of para-hydroxylation sites is 2. The van der Waals surface area contributed by atoms with Gasteiger partial charge >= 0.3 is 0 Å². The molecule has 4 rings (SSSR count). The molecule has 7 heteroatoms. The minimum absolute atomic E-state index is 0.174. The maximum atomic E-state index is 12.8. The van der Waals surface area contributed by atoms with Crippen molar-refractivity contribution >= 4 is 39.1 Å². The van der Waals surface area contributed by atoms with E-state index in [2.05, 4.69) is 10.0 Å². The summed E-state index contributed by atoms with van der Waals surface area (Å²) in [5.41, 5.74) is 9.97. The highest BCUT2D eigenvalue weighted by Crippen LogP contribution is 2.23. The van der Waals surface area contributed by atoms with Crippen molar-refractivity contribution in [3.8, 4) is 11.1 Å². The highest BCUT2D eigenvalue weighted by atomic mass is 32.2. The summed E-state index contributed by atoms with van der Waals surface area (Å²) in [5.74, 6) is -0.318. The Balaban J connectivity index is 0.00000176.